The summed E-state index contributed by atoms with van der Waals surface area (Å²) in [7, 11) is 0. The molecule has 1 fully saturated rings. The highest BCUT2D eigenvalue weighted by Gasteiger charge is 2.46. The largest absolute Gasteiger partial charge is 0.393 e. The van der Waals surface area contributed by atoms with Crippen molar-refractivity contribution in [1.29, 1.82) is 0 Å². The van der Waals surface area contributed by atoms with Gasteiger partial charge in [0.05, 0.1) is 13.2 Å². The average Bonchev–Trinajstić information content (AvgIpc) is 2.10. The van der Waals surface area contributed by atoms with Gasteiger partial charge >= 0.3 is 0 Å². The van der Waals surface area contributed by atoms with Gasteiger partial charge in [-0.25, -0.2) is 0 Å². The zero-order chi connectivity index (χ0) is 7.78. The van der Waals surface area contributed by atoms with Gasteiger partial charge in [-0.3, -0.25) is 5.73 Å². The van der Waals surface area contributed by atoms with Crippen LogP contribution in [0.1, 0.15) is 0 Å². The molecule has 10 heavy (non-hydrogen) atoms. The standard InChI is InChI=1S/C5H11NO4/c6-5(9)3(8)2-10-4(5)1-7/h3-4,7-9H,1-2,6H2/t3-,4+,5-/m1/s1. The highest BCUT2D eigenvalue weighted by Crippen LogP contribution is 2.20. The first-order valence-corrected chi connectivity index (χ1v) is 3.00. The van der Waals surface area contributed by atoms with E-state index in [2.05, 4.69) is 0 Å². The Balaban J connectivity index is 2.64. The van der Waals surface area contributed by atoms with Crippen molar-refractivity contribution in [3.05, 3.63) is 0 Å². The van der Waals surface area contributed by atoms with Gasteiger partial charge in [-0.1, -0.05) is 0 Å². The van der Waals surface area contributed by atoms with Crippen LogP contribution in [-0.4, -0.2) is 46.5 Å². The highest BCUT2D eigenvalue weighted by molar-refractivity contribution is 4.93. The summed E-state index contributed by atoms with van der Waals surface area (Å²) in [6.07, 6.45) is -1.98. The summed E-state index contributed by atoms with van der Waals surface area (Å²) in [5.74, 6) is 0. The molecule has 1 rings (SSSR count). The normalized spacial score (nSPS) is 48.0. The Kier molecular flexibility index (Phi) is 1.93. The maximum absolute atomic E-state index is 9.17. The molecule has 0 spiro atoms. The van der Waals surface area contributed by atoms with Crippen LogP contribution >= 0.6 is 0 Å². The predicted octanol–water partition coefficient (Wildman–Crippen LogP) is -2.61. The Bertz CT molecular complexity index is 127. The van der Waals surface area contributed by atoms with Crippen molar-refractivity contribution in [2.45, 2.75) is 17.9 Å². The van der Waals surface area contributed by atoms with E-state index in [1.165, 1.54) is 0 Å². The lowest BCUT2D eigenvalue weighted by Crippen LogP contribution is -2.56. The van der Waals surface area contributed by atoms with Crippen LogP contribution in [0.5, 0.6) is 0 Å². The second-order valence-electron chi connectivity index (χ2n) is 2.41. The fourth-order valence-corrected chi connectivity index (χ4v) is 0.888. The minimum absolute atomic E-state index is 0.0295. The van der Waals surface area contributed by atoms with E-state index in [-0.39, 0.29) is 13.2 Å². The predicted molar refractivity (Wildman–Crippen MR) is 32.0 cm³/mol. The fourth-order valence-electron chi connectivity index (χ4n) is 0.888. The lowest BCUT2D eigenvalue weighted by molar-refractivity contribution is -0.0877. The second kappa shape index (κ2) is 2.44. The average molecular weight is 149 g/mol. The molecule has 3 atom stereocenters. The molecule has 1 heterocycles. The summed E-state index contributed by atoms with van der Waals surface area (Å²) in [4.78, 5) is 0. The van der Waals surface area contributed by atoms with Crippen molar-refractivity contribution in [3.63, 3.8) is 0 Å². The quantitative estimate of drug-likeness (QED) is 0.306. The SMILES string of the molecule is N[C@@]1(O)[C@H](O)CO[C@H]1CO. The zero-order valence-corrected chi connectivity index (χ0v) is 5.40. The van der Waals surface area contributed by atoms with Crippen LogP contribution < -0.4 is 5.73 Å². The monoisotopic (exact) mass is 149 g/mol. The first kappa shape index (κ1) is 7.90. The summed E-state index contributed by atoms with van der Waals surface area (Å²) in [6, 6.07) is 0. The molecule has 1 aliphatic heterocycles. The van der Waals surface area contributed by atoms with E-state index in [0.717, 1.165) is 0 Å². The minimum atomic E-state index is -1.80. The van der Waals surface area contributed by atoms with Gasteiger partial charge in [0.2, 0.25) is 0 Å². The lowest BCUT2D eigenvalue weighted by Gasteiger charge is -2.24. The highest BCUT2D eigenvalue weighted by atomic mass is 16.5. The first-order valence-electron chi connectivity index (χ1n) is 3.00. The van der Waals surface area contributed by atoms with Gasteiger partial charge < -0.3 is 20.1 Å². The summed E-state index contributed by atoms with van der Waals surface area (Å²) >= 11 is 0. The molecule has 60 valence electrons. The third-order valence-electron chi connectivity index (χ3n) is 1.67. The van der Waals surface area contributed by atoms with Crippen molar-refractivity contribution in [1.82, 2.24) is 0 Å². The zero-order valence-electron chi connectivity index (χ0n) is 5.40. The molecule has 0 radical (unpaired) electrons. The number of rotatable bonds is 1. The van der Waals surface area contributed by atoms with Crippen molar-refractivity contribution in [3.8, 4) is 0 Å². The molecule has 0 aromatic carbocycles. The van der Waals surface area contributed by atoms with Gasteiger partial charge in [0.25, 0.3) is 0 Å². The van der Waals surface area contributed by atoms with Crippen molar-refractivity contribution >= 4 is 0 Å². The molecule has 0 amide bonds. The molecular formula is C5H11NO4. The minimum Gasteiger partial charge on any atom is -0.393 e. The maximum Gasteiger partial charge on any atom is 0.170 e. The van der Waals surface area contributed by atoms with Gasteiger partial charge in [-0.15, -0.1) is 0 Å². The van der Waals surface area contributed by atoms with E-state index in [1.54, 1.807) is 0 Å². The topological polar surface area (TPSA) is 95.9 Å². The number of hydrogen-bond acceptors (Lipinski definition) is 5. The van der Waals surface area contributed by atoms with E-state index in [4.69, 9.17) is 25.8 Å². The van der Waals surface area contributed by atoms with Crippen molar-refractivity contribution < 1.29 is 20.1 Å². The van der Waals surface area contributed by atoms with Gasteiger partial charge in [-0.05, 0) is 0 Å². The number of aliphatic hydroxyl groups excluding tert-OH is 2. The summed E-state index contributed by atoms with van der Waals surface area (Å²) in [5, 5.41) is 26.7. The molecule has 0 unspecified atom stereocenters. The fraction of sp³-hybridized carbons (Fsp3) is 1.00. The Morgan fingerprint density at radius 2 is 2.30 bits per heavy atom. The van der Waals surface area contributed by atoms with Crippen molar-refractivity contribution in [2.75, 3.05) is 13.2 Å². The van der Waals surface area contributed by atoms with E-state index >= 15 is 0 Å². The molecule has 5 nitrogen and oxygen atoms in total. The number of hydrogen-bond donors (Lipinski definition) is 4. The third-order valence-corrected chi connectivity index (χ3v) is 1.67. The van der Waals surface area contributed by atoms with Crippen LogP contribution in [0.25, 0.3) is 0 Å². The summed E-state index contributed by atoms with van der Waals surface area (Å²) < 4.78 is 4.75. The van der Waals surface area contributed by atoms with E-state index in [0.29, 0.717) is 0 Å². The molecule has 0 bridgehead atoms. The summed E-state index contributed by atoms with van der Waals surface area (Å²) in [5.41, 5.74) is 3.40. The van der Waals surface area contributed by atoms with Crippen molar-refractivity contribution in [2.24, 2.45) is 5.73 Å². The molecule has 5 heteroatoms. The molecule has 0 saturated carbocycles. The first-order chi connectivity index (χ1) is 4.59. The van der Waals surface area contributed by atoms with Gasteiger partial charge in [0.15, 0.2) is 5.72 Å². The lowest BCUT2D eigenvalue weighted by atomic mass is 10.1. The van der Waals surface area contributed by atoms with E-state index in [1.807, 2.05) is 0 Å². The number of ether oxygens (including phenoxy) is 1. The summed E-state index contributed by atoms with van der Waals surface area (Å²) in [6.45, 7) is -0.414. The number of nitrogens with two attached hydrogens (primary N) is 1. The maximum atomic E-state index is 9.17. The Morgan fingerprint density at radius 1 is 1.70 bits per heavy atom. The van der Waals surface area contributed by atoms with Gasteiger partial charge in [0, 0.05) is 0 Å². The van der Waals surface area contributed by atoms with E-state index < -0.39 is 17.9 Å². The van der Waals surface area contributed by atoms with Crippen LogP contribution in [0, 0.1) is 0 Å². The van der Waals surface area contributed by atoms with Crippen LogP contribution in [0.4, 0.5) is 0 Å². The molecule has 0 aromatic rings. The number of aliphatic hydroxyl groups is 3. The second-order valence-corrected chi connectivity index (χ2v) is 2.41. The molecule has 0 aromatic heterocycles. The van der Waals surface area contributed by atoms with E-state index in [9.17, 15) is 0 Å². The Morgan fingerprint density at radius 3 is 2.50 bits per heavy atom. The molecular weight excluding hydrogens is 138 g/mol. The molecule has 0 aliphatic carbocycles. The molecule has 5 N–H and O–H groups in total. The van der Waals surface area contributed by atoms with Gasteiger partial charge in [0.1, 0.15) is 12.2 Å². The van der Waals surface area contributed by atoms with Crippen LogP contribution in [-0.2, 0) is 4.74 Å². The third kappa shape index (κ3) is 1.02. The van der Waals surface area contributed by atoms with Gasteiger partial charge in [-0.2, -0.15) is 0 Å². The molecule has 1 saturated heterocycles. The Labute approximate surface area is 58.0 Å². The van der Waals surface area contributed by atoms with Crippen LogP contribution in [0.2, 0.25) is 0 Å². The Hall–Kier alpha value is -0.200. The smallest absolute Gasteiger partial charge is 0.170 e. The van der Waals surface area contributed by atoms with Crippen LogP contribution in [0.3, 0.4) is 0 Å². The molecule has 1 aliphatic rings. The van der Waals surface area contributed by atoms with Crippen LogP contribution in [0.15, 0.2) is 0 Å².